The summed E-state index contributed by atoms with van der Waals surface area (Å²) in [6.45, 7) is 19.6. The fourth-order valence-corrected chi connectivity index (χ4v) is 1.76. The molecule has 2 fully saturated rings. The Balaban J connectivity index is -0.0000000947. The van der Waals surface area contributed by atoms with Crippen molar-refractivity contribution in [1.29, 1.82) is 0 Å². The molecule has 0 radical (unpaired) electrons. The van der Waals surface area contributed by atoms with Crippen LogP contribution in [0.3, 0.4) is 0 Å². The molecule has 22 heavy (non-hydrogen) atoms. The van der Waals surface area contributed by atoms with Crippen molar-refractivity contribution in [3.63, 3.8) is 0 Å². The van der Waals surface area contributed by atoms with Crippen LogP contribution in [0.15, 0.2) is 0 Å². The summed E-state index contributed by atoms with van der Waals surface area (Å²) >= 11 is 0. The summed E-state index contributed by atoms with van der Waals surface area (Å²) < 4.78 is 0. The first-order chi connectivity index (χ1) is 9.86. The van der Waals surface area contributed by atoms with Crippen molar-refractivity contribution in [3.8, 4) is 0 Å². The van der Waals surface area contributed by atoms with Crippen molar-refractivity contribution < 1.29 is 0 Å². The zero-order chi connectivity index (χ0) is 17.1. The van der Waals surface area contributed by atoms with Crippen molar-refractivity contribution in [1.82, 2.24) is 4.90 Å². The predicted molar refractivity (Wildman–Crippen MR) is 109 cm³/mol. The van der Waals surface area contributed by atoms with Crippen LogP contribution in [-0.4, -0.2) is 25.0 Å². The highest BCUT2D eigenvalue weighted by Gasteiger charge is 2.03. The molecule has 1 heteroatoms. The summed E-state index contributed by atoms with van der Waals surface area (Å²) in [4.78, 5) is 2.36. The lowest BCUT2D eigenvalue weighted by molar-refractivity contribution is 0.418. The van der Waals surface area contributed by atoms with Gasteiger partial charge in [-0.05, 0) is 44.8 Å². The van der Waals surface area contributed by atoms with Gasteiger partial charge in [0.2, 0.25) is 0 Å². The first-order valence-electron chi connectivity index (χ1n) is 9.54. The van der Waals surface area contributed by atoms with E-state index in [2.05, 4.69) is 53.5 Å². The van der Waals surface area contributed by atoms with Gasteiger partial charge in [0.15, 0.2) is 0 Å². The molecule has 2 aliphatic rings. The molecule has 0 aromatic carbocycles. The van der Waals surface area contributed by atoms with E-state index in [1.54, 1.807) is 0 Å². The number of rotatable bonds is 0. The van der Waals surface area contributed by atoms with Crippen LogP contribution >= 0.6 is 0 Å². The molecule has 0 aromatic heterocycles. The Kier molecular flexibility index (Phi) is 35.2. The summed E-state index contributed by atoms with van der Waals surface area (Å²) in [5, 5.41) is 0. The van der Waals surface area contributed by atoms with Gasteiger partial charge in [0.25, 0.3) is 0 Å². The topological polar surface area (TPSA) is 3.24 Å². The van der Waals surface area contributed by atoms with Gasteiger partial charge in [-0.2, -0.15) is 0 Å². The molecule has 1 aliphatic heterocycles. The van der Waals surface area contributed by atoms with Gasteiger partial charge in [-0.1, -0.05) is 94.9 Å². The Bertz CT molecular complexity index is 123. The monoisotopic (exact) mass is 317 g/mol. The van der Waals surface area contributed by atoms with E-state index in [-0.39, 0.29) is 7.43 Å². The van der Waals surface area contributed by atoms with Crippen LogP contribution in [0.2, 0.25) is 0 Å². The zero-order valence-electron chi connectivity index (χ0n) is 17.0. The summed E-state index contributed by atoms with van der Waals surface area (Å²) in [7, 11) is 2.17. The van der Waals surface area contributed by atoms with E-state index >= 15 is 0 Å². The standard InChI is InChI=1S/C5H11N.C5H10.2C4H10.C2H6.CH4/c1-6-4-2-3-5-6;1-2-4-5-3-1;2*1-4(2)3;1-2;/h2-5H2,1H3;1-5H2;2*4H,1-3H3;1-2H3;1H4. The molecule has 1 heterocycles. The number of hydrogen-bond acceptors (Lipinski definition) is 1. The molecule has 2 rings (SSSR count). The summed E-state index contributed by atoms with van der Waals surface area (Å²) in [6, 6.07) is 0. The minimum Gasteiger partial charge on any atom is -0.306 e. The Morgan fingerprint density at radius 1 is 0.545 bits per heavy atom. The van der Waals surface area contributed by atoms with E-state index in [0.29, 0.717) is 0 Å². The highest BCUT2D eigenvalue weighted by molar-refractivity contribution is 4.59. The van der Waals surface area contributed by atoms with E-state index in [9.17, 15) is 0 Å². The van der Waals surface area contributed by atoms with Crippen LogP contribution in [0.1, 0.15) is 108 Å². The average molecular weight is 318 g/mol. The lowest BCUT2D eigenvalue weighted by atomic mass is 10.3. The third-order valence-electron chi connectivity index (χ3n) is 2.58. The fraction of sp³-hybridized carbons (Fsp3) is 1.00. The Morgan fingerprint density at radius 3 is 0.818 bits per heavy atom. The van der Waals surface area contributed by atoms with Crippen LogP contribution in [0, 0.1) is 11.8 Å². The lowest BCUT2D eigenvalue weighted by Gasteiger charge is -2.01. The van der Waals surface area contributed by atoms with Gasteiger partial charge >= 0.3 is 0 Å². The molecule has 0 spiro atoms. The maximum atomic E-state index is 2.36. The first kappa shape index (κ1) is 29.9. The summed E-state index contributed by atoms with van der Waals surface area (Å²) in [5.74, 6) is 1.67. The molecular formula is C21H51N. The van der Waals surface area contributed by atoms with Gasteiger partial charge in [0, 0.05) is 0 Å². The van der Waals surface area contributed by atoms with Gasteiger partial charge in [0.1, 0.15) is 0 Å². The van der Waals surface area contributed by atoms with Crippen LogP contribution in [0.4, 0.5) is 0 Å². The highest BCUT2D eigenvalue weighted by Crippen LogP contribution is 2.15. The van der Waals surface area contributed by atoms with Crippen molar-refractivity contribution in [3.05, 3.63) is 0 Å². The van der Waals surface area contributed by atoms with Gasteiger partial charge in [-0.25, -0.2) is 0 Å². The Morgan fingerprint density at radius 2 is 0.727 bits per heavy atom. The van der Waals surface area contributed by atoms with Crippen molar-refractivity contribution in [2.75, 3.05) is 20.1 Å². The van der Waals surface area contributed by atoms with E-state index < -0.39 is 0 Å². The smallest absolute Gasteiger partial charge is 0.00213 e. The van der Waals surface area contributed by atoms with Crippen molar-refractivity contribution >= 4 is 0 Å². The van der Waals surface area contributed by atoms with E-state index in [1.807, 2.05) is 13.8 Å². The SMILES string of the molecule is C.C1CCCC1.CC.CC(C)C.CC(C)C.CN1CCCC1. The zero-order valence-corrected chi connectivity index (χ0v) is 17.0. The highest BCUT2D eigenvalue weighted by atomic mass is 15.1. The van der Waals surface area contributed by atoms with E-state index in [0.717, 1.165) is 11.8 Å². The summed E-state index contributed by atoms with van der Waals surface area (Å²) in [6.07, 6.45) is 10.3. The third kappa shape index (κ3) is 50.2. The van der Waals surface area contributed by atoms with Gasteiger partial charge in [0.05, 0.1) is 0 Å². The van der Waals surface area contributed by atoms with Crippen molar-refractivity contribution in [2.45, 2.75) is 108 Å². The predicted octanol–water partition coefficient (Wildman–Crippen LogP) is 7.65. The minimum atomic E-state index is 0. The molecule has 0 atom stereocenters. The van der Waals surface area contributed by atoms with Gasteiger partial charge in [-0.15, -0.1) is 0 Å². The van der Waals surface area contributed by atoms with E-state index in [1.165, 1.54) is 58.0 Å². The second-order valence-electron chi connectivity index (χ2n) is 7.24. The quantitative estimate of drug-likeness (QED) is 0.443. The van der Waals surface area contributed by atoms with Gasteiger partial charge in [-0.3, -0.25) is 0 Å². The maximum Gasteiger partial charge on any atom is -0.00213 e. The molecule has 1 nitrogen and oxygen atoms in total. The third-order valence-corrected chi connectivity index (χ3v) is 2.58. The molecule has 0 unspecified atom stereocenters. The van der Waals surface area contributed by atoms with Crippen LogP contribution < -0.4 is 0 Å². The number of likely N-dealkylation sites (tertiary alicyclic amines) is 1. The molecule has 140 valence electrons. The normalized spacial score (nSPS) is 16.0. The first-order valence-corrected chi connectivity index (χ1v) is 9.54. The molecule has 1 saturated heterocycles. The van der Waals surface area contributed by atoms with E-state index in [4.69, 9.17) is 0 Å². The number of nitrogens with zero attached hydrogens (tertiary/aromatic N) is 1. The molecule has 0 amide bonds. The minimum absolute atomic E-state index is 0. The second kappa shape index (κ2) is 25.9. The summed E-state index contributed by atoms with van der Waals surface area (Å²) in [5.41, 5.74) is 0. The molecule has 0 bridgehead atoms. The van der Waals surface area contributed by atoms with Crippen molar-refractivity contribution in [2.24, 2.45) is 11.8 Å². The lowest BCUT2D eigenvalue weighted by Crippen LogP contribution is -2.10. The molecular weight excluding hydrogens is 266 g/mol. The van der Waals surface area contributed by atoms with Crippen LogP contribution in [0.25, 0.3) is 0 Å². The van der Waals surface area contributed by atoms with Crippen LogP contribution in [0.5, 0.6) is 0 Å². The molecule has 0 N–H and O–H groups in total. The molecule has 0 aromatic rings. The molecule has 1 saturated carbocycles. The maximum absolute atomic E-state index is 2.36. The average Bonchev–Trinajstić information content (AvgIpc) is 3.05. The van der Waals surface area contributed by atoms with Gasteiger partial charge < -0.3 is 4.90 Å². The Labute approximate surface area is 145 Å². The number of hydrogen-bond donors (Lipinski definition) is 0. The second-order valence-corrected chi connectivity index (χ2v) is 7.24. The fourth-order valence-electron chi connectivity index (χ4n) is 1.76. The Hall–Kier alpha value is -0.0400. The van der Waals surface area contributed by atoms with Crippen LogP contribution in [-0.2, 0) is 0 Å². The largest absolute Gasteiger partial charge is 0.306 e. The molecule has 1 aliphatic carbocycles.